The van der Waals surface area contributed by atoms with Crippen molar-refractivity contribution in [1.82, 2.24) is 0 Å². The number of thiophene rings is 1. The van der Waals surface area contributed by atoms with Gasteiger partial charge in [-0.2, -0.15) is 0 Å². The van der Waals surface area contributed by atoms with Crippen LogP contribution in [0.3, 0.4) is 0 Å². The maximum absolute atomic E-state index is 13.1. The highest BCUT2D eigenvalue weighted by molar-refractivity contribution is 9.11. The van der Waals surface area contributed by atoms with Gasteiger partial charge in [-0.1, -0.05) is 12.1 Å². The molecule has 16 heavy (non-hydrogen) atoms. The molecule has 0 aliphatic carbocycles. The molecule has 84 valence electrons. The first-order chi connectivity index (χ1) is 7.58. The smallest absolute Gasteiger partial charge is 0.123 e. The molecule has 0 bridgehead atoms. The average Bonchev–Trinajstić information content (AvgIpc) is 2.57. The molecule has 1 aromatic heterocycles. The van der Waals surface area contributed by atoms with E-state index >= 15 is 0 Å². The number of alkyl halides is 1. The van der Waals surface area contributed by atoms with Gasteiger partial charge in [0.1, 0.15) is 5.82 Å². The topological polar surface area (TPSA) is 0 Å². The molecule has 1 atom stereocenters. The highest BCUT2D eigenvalue weighted by atomic mass is 79.9. The molecule has 2 aromatic rings. The van der Waals surface area contributed by atoms with Gasteiger partial charge in [0.05, 0.1) is 9.16 Å². The Bertz CT molecular complexity index is 509. The minimum atomic E-state index is -0.293. The van der Waals surface area contributed by atoms with E-state index in [0.29, 0.717) is 0 Å². The van der Waals surface area contributed by atoms with Crippen LogP contribution in [0, 0.1) is 12.7 Å². The van der Waals surface area contributed by atoms with Gasteiger partial charge in [-0.05, 0) is 52.2 Å². The van der Waals surface area contributed by atoms with Crippen molar-refractivity contribution in [2.45, 2.75) is 12.3 Å². The Morgan fingerprint density at radius 1 is 1.38 bits per heavy atom. The molecule has 1 heterocycles. The second kappa shape index (κ2) is 4.86. The predicted octanol–water partition coefficient (Wildman–Crippen LogP) is 5.29. The summed E-state index contributed by atoms with van der Waals surface area (Å²) < 4.78 is 14.1. The normalized spacial score (nSPS) is 12.8. The van der Waals surface area contributed by atoms with Crippen LogP contribution in [0.25, 0.3) is 0 Å². The second-order valence-corrected chi connectivity index (χ2v) is 6.55. The Morgan fingerprint density at radius 2 is 2.12 bits per heavy atom. The quantitative estimate of drug-likeness (QED) is 0.660. The lowest BCUT2D eigenvalue weighted by Gasteiger charge is -2.09. The van der Waals surface area contributed by atoms with Crippen LogP contribution in [-0.4, -0.2) is 0 Å². The molecular weight excluding hydrogens is 311 g/mol. The van der Waals surface area contributed by atoms with Crippen molar-refractivity contribution in [3.05, 3.63) is 55.9 Å². The first-order valence-electron chi connectivity index (χ1n) is 4.73. The molecule has 0 aliphatic rings. The van der Waals surface area contributed by atoms with Gasteiger partial charge in [0.25, 0.3) is 0 Å². The monoisotopic (exact) mass is 318 g/mol. The molecule has 0 spiro atoms. The zero-order valence-electron chi connectivity index (χ0n) is 8.51. The molecule has 0 nitrogen and oxygen atoms in total. The molecule has 2 rings (SSSR count). The molecule has 0 fully saturated rings. The van der Waals surface area contributed by atoms with Crippen molar-refractivity contribution in [2.24, 2.45) is 0 Å². The summed E-state index contributed by atoms with van der Waals surface area (Å²) in [6.45, 7) is 2.01. The van der Waals surface area contributed by atoms with Gasteiger partial charge in [0, 0.05) is 4.88 Å². The van der Waals surface area contributed by atoms with Crippen molar-refractivity contribution in [2.75, 3.05) is 0 Å². The SMILES string of the molecule is Cc1sc(Br)cc1C(Cl)c1cccc(F)c1. The summed E-state index contributed by atoms with van der Waals surface area (Å²) in [5.74, 6) is -0.255. The van der Waals surface area contributed by atoms with E-state index in [2.05, 4.69) is 15.9 Å². The van der Waals surface area contributed by atoms with Gasteiger partial charge >= 0.3 is 0 Å². The summed E-state index contributed by atoms with van der Waals surface area (Å²) in [4.78, 5) is 1.15. The summed E-state index contributed by atoms with van der Waals surface area (Å²) in [7, 11) is 0. The van der Waals surface area contributed by atoms with Crippen LogP contribution in [0.5, 0.6) is 0 Å². The number of aryl methyl sites for hydroxylation is 1. The minimum absolute atomic E-state index is 0.255. The number of rotatable bonds is 2. The third-order valence-electron chi connectivity index (χ3n) is 2.34. The molecule has 0 N–H and O–H groups in total. The Hall–Kier alpha value is -0.380. The third-order valence-corrected chi connectivity index (χ3v) is 4.40. The zero-order chi connectivity index (χ0) is 11.7. The van der Waals surface area contributed by atoms with E-state index in [1.165, 1.54) is 12.1 Å². The largest absolute Gasteiger partial charge is 0.207 e. The van der Waals surface area contributed by atoms with Crippen molar-refractivity contribution in [1.29, 1.82) is 0 Å². The van der Waals surface area contributed by atoms with Crippen LogP contribution < -0.4 is 0 Å². The molecule has 0 saturated heterocycles. The molecular formula is C12H9BrClFS. The third kappa shape index (κ3) is 2.47. The van der Waals surface area contributed by atoms with E-state index in [4.69, 9.17) is 11.6 Å². The fourth-order valence-electron chi connectivity index (χ4n) is 1.55. The van der Waals surface area contributed by atoms with Gasteiger partial charge in [0.2, 0.25) is 0 Å². The zero-order valence-corrected chi connectivity index (χ0v) is 11.7. The van der Waals surface area contributed by atoms with Crippen LogP contribution in [0.15, 0.2) is 34.1 Å². The van der Waals surface area contributed by atoms with Crippen molar-refractivity contribution < 1.29 is 4.39 Å². The van der Waals surface area contributed by atoms with Crippen molar-refractivity contribution >= 4 is 38.9 Å². The Morgan fingerprint density at radius 3 is 2.69 bits per heavy atom. The molecule has 0 aliphatic heterocycles. The first-order valence-corrected chi connectivity index (χ1v) is 6.78. The van der Waals surface area contributed by atoms with Crippen LogP contribution in [0.1, 0.15) is 21.4 Å². The van der Waals surface area contributed by atoms with Gasteiger partial charge < -0.3 is 0 Å². The summed E-state index contributed by atoms with van der Waals surface area (Å²) in [5.41, 5.74) is 1.82. The summed E-state index contributed by atoms with van der Waals surface area (Å²) in [6.07, 6.45) is 0. The Labute approximate surface area is 111 Å². The van der Waals surface area contributed by atoms with E-state index in [-0.39, 0.29) is 11.2 Å². The predicted molar refractivity (Wildman–Crippen MR) is 70.9 cm³/mol. The molecule has 4 heteroatoms. The van der Waals surface area contributed by atoms with Gasteiger partial charge in [-0.15, -0.1) is 22.9 Å². The number of hydrogen-bond donors (Lipinski definition) is 0. The number of benzene rings is 1. The summed E-state index contributed by atoms with van der Waals surface area (Å²) >= 11 is 11.4. The van der Waals surface area contributed by atoms with Crippen LogP contribution in [-0.2, 0) is 0 Å². The lowest BCUT2D eigenvalue weighted by Crippen LogP contribution is -1.93. The van der Waals surface area contributed by atoms with Gasteiger partial charge in [-0.3, -0.25) is 0 Å². The van der Waals surface area contributed by atoms with E-state index < -0.39 is 0 Å². The Kier molecular flexibility index (Phi) is 3.67. The molecule has 0 saturated carbocycles. The van der Waals surface area contributed by atoms with Crippen LogP contribution in [0.4, 0.5) is 4.39 Å². The van der Waals surface area contributed by atoms with Crippen molar-refractivity contribution in [3.63, 3.8) is 0 Å². The fourth-order valence-corrected chi connectivity index (χ4v) is 3.73. The molecule has 0 radical (unpaired) electrons. The summed E-state index contributed by atoms with van der Waals surface area (Å²) in [6, 6.07) is 8.40. The van der Waals surface area contributed by atoms with E-state index in [1.54, 1.807) is 17.4 Å². The lowest BCUT2D eigenvalue weighted by molar-refractivity contribution is 0.626. The van der Waals surface area contributed by atoms with Crippen LogP contribution >= 0.6 is 38.9 Å². The minimum Gasteiger partial charge on any atom is -0.207 e. The average molecular weight is 320 g/mol. The summed E-state index contributed by atoms with van der Waals surface area (Å²) in [5, 5.41) is -0.293. The number of hydrogen-bond acceptors (Lipinski definition) is 1. The van der Waals surface area contributed by atoms with Gasteiger partial charge in [0.15, 0.2) is 0 Å². The highest BCUT2D eigenvalue weighted by Crippen LogP contribution is 2.37. The number of halogens is 3. The standard InChI is InChI=1S/C12H9BrClFS/c1-7-10(6-11(13)16-7)12(14)8-3-2-4-9(15)5-8/h2-6,12H,1H3. The van der Waals surface area contributed by atoms with Crippen LogP contribution in [0.2, 0.25) is 0 Å². The second-order valence-electron chi connectivity index (χ2n) is 3.48. The van der Waals surface area contributed by atoms with E-state index in [9.17, 15) is 4.39 Å². The molecule has 1 unspecified atom stereocenters. The maximum atomic E-state index is 13.1. The Balaban J connectivity index is 2.38. The molecule has 0 amide bonds. The highest BCUT2D eigenvalue weighted by Gasteiger charge is 2.16. The molecule has 1 aromatic carbocycles. The van der Waals surface area contributed by atoms with Crippen molar-refractivity contribution in [3.8, 4) is 0 Å². The fraction of sp³-hybridized carbons (Fsp3) is 0.167. The van der Waals surface area contributed by atoms with E-state index in [1.807, 2.05) is 19.1 Å². The van der Waals surface area contributed by atoms with Gasteiger partial charge in [-0.25, -0.2) is 4.39 Å². The lowest BCUT2D eigenvalue weighted by atomic mass is 10.1. The van der Waals surface area contributed by atoms with E-state index in [0.717, 1.165) is 19.8 Å². The first kappa shape index (κ1) is 12.1. The maximum Gasteiger partial charge on any atom is 0.123 e.